The molecule has 4 rings (SSSR count). The highest BCUT2D eigenvalue weighted by molar-refractivity contribution is 7.90. The van der Waals surface area contributed by atoms with Gasteiger partial charge in [-0.05, 0) is 42.5 Å². The summed E-state index contributed by atoms with van der Waals surface area (Å²) in [6, 6.07) is 13.3. The summed E-state index contributed by atoms with van der Waals surface area (Å²) in [5.41, 5.74) is 0.571. The predicted octanol–water partition coefficient (Wildman–Crippen LogP) is 2.54. The molecule has 0 N–H and O–H groups in total. The number of rotatable bonds is 7. The number of aromatic nitrogens is 2. The Kier molecular flexibility index (Phi) is 6.57. The van der Waals surface area contributed by atoms with Gasteiger partial charge in [-0.3, -0.25) is 9.69 Å². The minimum Gasteiger partial charge on any atom is -0.457 e. The van der Waals surface area contributed by atoms with Gasteiger partial charge in [0.1, 0.15) is 11.5 Å². The van der Waals surface area contributed by atoms with Crippen molar-refractivity contribution in [1.82, 2.24) is 19.4 Å². The lowest BCUT2D eigenvalue weighted by Crippen LogP contribution is -2.49. The minimum atomic E-state index is -3.26. The lowest BCUT2D eigenvalue weighted by atomic mass is 10.1. The third-order valence-electron chi connectivity index (χ3n) is 5.46. The molecule has 1 fully saturated rings. The molecule has 1 aromatic heterocycles. The summed E-state index contributed by atoms with van der Waals surface area (Å²) in [5, 5.41) is 0. The molecule has 0 atom stereocenters. The molecule has 168 valence electrons. The second-order valence-corrected chi connectivity index (χ2v) is 9.82. The number of hydrogen-bond acceptors (Lipinski definition) is 6. The van der Waals surface area contributed by atoms with Gasteiger partial charge in [-0.25, -0.2) is 13.4 Å². The van der Waals surface area contributed by atoms with Crippen molar-refractivity contribution in [3.8, 4) is 11.5 Å². The van der Waals surface area contributed by atoms with E-state index in [1.165, 1.54) is 12.1 Å². The van der Waals surface area contributed by atoms with Crippen LogP contribution in [0.4, 0.5) is 0 Å². The monoisotopic (exact) mass is 454 g/mol. The minimum absolute atomic E-state index is 0.0165. The van der Waals surface area contributed by atoms with Crippen LogP contribution in [-0.4, -0.2) is 72.7 Å². The van der Waals surface area contributed by atoms with Gasteiger partial charge < -0.3 is 14.2 Å². The standard InChI is InChI=1S/C23H26N4O4S/c1-32(29,30)22-7-5-20(6-8-22)31-21-4-2-3-19(17-21)23(28)27-15-13-25(14-16-27)11-12-26-10-9-24-18-26/h2-10,17-18H,11-16H2,1H3. The molecule has 9 heteroatoms. The molecule has 8 nitrogen and oxygen atoms in total. The van der Waals surface area contributed by atoms with E-state index in [2.05, 4.69) is 14.5 Å². The predicted molar refractivity (Wildman–Crippen MR) is 121 cm³/mol. The third-order valence-corrected chi connectivity index (χ3v) is 6.59. The molecule has 0 aliphatic carbocycles. The number of carbonyl (C=O) groups excluding carboxylic acids is 1. The van der Waals surface area contributed by atoms with Crippen LogP contribution in [0.2, 0.25) is 0 Å². The molecular formula is C23H26N4O4S. The largest absolute Gasteiger partial charge is 0.457 e. The topological polar surface area (TPSA) is 84.7 Å². The molecule has 2 heterocycles. The average molecular weight is 455 g/mol. The Morgan fingerprint density at radius 2 is 1.75 bits per heavy atom. The van der Waals surface area contributed by atoms with Crippen LogP contribution < -0.4 is 4.74 Å². The first kappa shape index (κ1) is 22.0. The van der Waals surface area contributed by atoms with Crippen molar-refractivity contribution in [3.05, 3.63) is 72.8 Å². The van der Waals surface area contributed by atoms with Gasteiger partial charge in [0, 0.05) is 63.5 Å². The summed E-state index contributed by atoms with van der Waals surface area (Å²) in [5.74, 6) is 1.02. The number of ether oxygens (including phenoxy) is 1. The van der Waals surface area contributed by atoms with Crippen molar-refractivity contribution >= 4 is 15.7 Å². The van der Waals surface area contributed by atoms with Crippen LogP contribution in [0.15, 0.2) is 72.1 Å². The third kappa shape index (κ3) is 5.54. The van der Waals surface area contributed by atoms with Crippen molar-refractivity contribution < 1.29 is 17.9 Å². The zero-order valence-corrected chi connectivity index (χ0v) is 18.7. The first-order valence-corrected chi connectivity index (χ1v) is 12.3. The van der Waals surface area contributed by atoms with E-state index < -0.39 is 9.84 Å². The molecule has 2 aromatic carbocycles. The van der Waals surface area contributed by atoms with Crippen molar-refractivity contribution in [2.75, 3.05) is 39.0 Å². The van der Waals surface area contributed by atoms with Crippen molar-refractivity contribution in [3.63, 3.8) is 0 Å². The fourth-order valence-corrected chi connectivity index (χ4v) is 4.25. The van der Waals surface area contributed by atoms with Crippen LogP contribution in [0.1, 0.15) is 10.4 Å². The normalized spacial score (nSPS) is 15.0. The molecule has 0 unspecified atom stereocenters. The average Bonchev–Trinajstić information content (AvgIpc) is 3.31. The molecule has 1 amide bonds. The summed E-state index contributed by atoms with van der Waals surface area (Å²) in [4.78, 5) is 21.5. The number of carbonyl (C=O) groups is 1. The highest BCUT2D eigenvalue weighted by Gasteiger charge is 2.22. The van der Waals surface area contributed by atoms with Gasteiger partial charge in [-0.15, -0.1) is 0 Å². The fourth-order valence-electron chi connectivity index (χ4n) is 3.62. The van der Waals surface area contributed by atoms with E-state index in [0.29, 0.717) is 30.2 Å². The van der Waals surface area contributed by atoms with Gasteiger partial charge in [0.2, 0.25) is 0 Å². The van der Waals surface area contributed by atoms with E-state index in [9.17, 15) is 13.2 Å². The molecule has 3 aromatic rings. The number of amides is 1. The Labute approximate surface area is 188 Å². The van der Waals surface area contributed by atoms with Gasteiger partial charge in [-0.1, -0.05) is 6.07 Å². The molecule has 0 spiro atoms. The quantitative estimate of drug-likeness (QED) is 0.546. The summed E-state index contributed by atoms with van der Waals surface area (Å²) >= 11 is 0. The number of hydrogen-bond donors (Lipinski definition) is 0. The van der Waals surface area contributed by atoms with E-state index in [1.807, 2.05) is 17.4 Å². The van der Waals surface area contributed by atoms with Crippen LogP contribution in [0.5, 0.6) is 11.5 Å². The Morgan fingerprint density at radius 3 is 2.41 bits per heavy atom. The molecule has 0 saturated carbocycles. The van der Waals surface area contributed by atoms with Crippen LogP contribution in [0, 0.1) is 0 Å². The fraction of sp³-hybridized carbons (Fsp3) is 0.304. The number of piperazine rings is 1. The van der Waals surface area contributed by atoms with E-state index in [0.717, 1.165) is 32.4 Å². The lowest BCUT2D eigenvalue weighted by Gasteiger charge is -2.34. The highest BCUT2D eigenvalue weighted by Crippen LogP contribution is 2.24. The Balaban J connectivity index is 1.33. The first-order valence-electron chi connectivity index (χ1n) is 10.4. The number of sulfone groups is 1. The van der Waals surface area contributed by atoms with E-state index >= 15 is 0 Å². The molecule has 32 heavy (non-hydrogen) atoms. The van der Waals surface area contributed by atoms with Crippen molar-refractivity contribution in [2.24, 2.45) is 0 Å². The second-order valence-electron chi connectivity index (χ2n) is 7.81. The van der Waals surface area contributed by atoms with Gasteiger partial charge >= 0.3 is 0 Å². The molecule has 0 bridgehead atoms. The number of imidazole rings is 1. The second kappa shape index (κ2) is 9.54. The van der Waals surface area contributed by atoms with Gasteiger partial charge in [0.05, 0.1) is 11.2 Å². The van der Waals surface area contributed by atoms with Crippen LogP contribution in [0.3, 0.4) is 0 Å². The smallest absolute Gasteiger partial charge is 0.254 e. The van der Waals surface area contributed by atoms with Crippen molar-refractivity contribution in [2.45, 2.75) is 11.4 Å². The summed E-state index contributed by atoms with van der Waals surface area (Å²) in [7, 11) is -3.26. The highest BCUT2D eigenvalue weighted by atomic mass is 32.2. The molecule has 1 aliphatic heterocycles. The first-order chi connectivity index (χ1) is 15.4. The molecule has 1 aliphatic rings. The van der Waals surface area contributed by atoms with Gasteiger partial charge in [-0.2, -0.15) is 0 Å². The zero-order valence-electron chi connectivity index (χ0n) is 17.9. The SMILES string of the molecule is CS(=O)(=O)c1ccc(Oc2cccc(C(=O)N3CCN(CCn4ccnc4)CC3)c2)cc1. The Morgan fingerprint density at radius 1 is 1.00 bits per heavy atom. The maximum atomic E-state index is 13.0. The molecule has 0 radical (unpaired) electrons. The van der Waals surface area contributed by atoms with Crippen LogP contribution >= 0.6 is 0 Å². The van der Waals surface area contributed by atoms with Crippen LogP contribution in [-0.2, 0) is 16.4 Å². The van der Waals surface area contributed by atoms with Crippen molar-refractivity contribution in [1.29, 1.82) is 0 Å². The zero-order chi connectivity index (χ0) is 22.6. The summed E-state index contributed by atoms with van der Waals surface area (Å²) in [6.07, 6.45) is 6.71. The molecular weight excluding hydrogens is 428 g/mol. The van der Waals surface area contributed by atoms with E-state index in [4.69, 9.17) is 4.74 Å². The van der Waals surface area contributed by atoms with E-state index in [-0.39, 0.29) is 10.8 Å². The van der Waals surface area contributed by atoms with Crippen LogP contribution in [0.25, 0.3) is 0 Å². The Hall–Kier alpha value is -3.17. The lowest BCUT2D eigenvalue weighted by molar-refractivity contribution is 0.0633. The number of benzene rings is 2. The summed E-state index contributed by atoms with van der Waals surface area (Å²) in [6.45, 7) is 4.85. The van der Waals surface area contributed by atoms with Gasteiger partial charge in [0.15, 0.2) is 9.84 Å². The van der Waals surface area contributed by atoms with E-state index in [1.54, 1.807) is 42.6 Å². The maximum absolute atomic E-state index is 13.0. The maximum Gasteiger partial charge on any atom is 0.254 e. The molecule has 1 saturated heterocycles. The summed E-state index contributed by atoms with van der Waals surface area (Å²) < 4.78 is 31.1. The number of nitrogens with zero attached hydrogens (tertiary/aromatic N) is 4. The van der Waals surface area contributed by atoms with Gasteiger partial charge in [0.25, 0.3) is 5.91 Å². The Bertz CT molecular complexity index is 1150.